The molecule has 0 radical (unpaired) electrons. The molecule has 1 saturated heterocycles. The van der Waals surface area contributed by atoms with E-state index in [1.54, 1.807) is 0 Å². The van der Waals surface area contributed by atoms with Crippen molar-refractivity contribution in [3.63, 3.8) is 0 Å². The highest BCUT2D eigenvalue weighted by atomic mass is 16.5. The molecule has 2 aliphatic rings. The Morgan fingerprint density at radius 3 is 2.80 bits per heavy atom. The summed E-state index contributed by atoms with van der Waals surface area (Å²) in [5.74, 6) is 2.80. The molecule has 2 fully saturated rings. The summed E-state index contributed by atoms with van der Waals surface area (Å²) in [7, 11) is 1.94. The van der Waals surface area contributed by atoms with E-state index in [9.17, 15) is 0 Å². The summed E-state index contributed by atoms with van der Waals surface area (Å²) in [5.41, 5.74) is 5.97. The molecule has 0 bridgehead atoms. The number of rotatable bonds is 2. The van der Waals surface area contributed by atoms with Crippen LogP contribution in [0.2, 0.25) is 0 Å². The summed E-state index contributed by atoms with van der Waals surface area (Å²) in [6.45, 7) is 1.31. The van der Waals surface area contributed by atoms with Gasteiger partial charge in [-0.15, -0.1) is 0 Å². The number of aromatic nitrogens is 3. The van der Waals surface area contributed by atoms with Crippen molar-refractivity contribution in [1.82, 2.24) is 14.8 Å². The smallest absolute Gasteiger partial charge is 0.154 e. The first-order chi connectivity index (χ1) is 7.25. The van der Waals surface area contributed by atoms with Crippen LogP contribution in [0.1, 0.15) is 36.3 Å². The molecule has 0 aromatic carbocycles. The molecule has 1 aromatic heterocycles. The number of nitrogens with two attached hydrogens (primary N) is 1. The van der Waals surface area contributed by atoms with Crippen LogP contribution in [0.25, 0.3) is 0 Å². The predicted molar refractivity (Wildman–Crippen MR) is 54.5 cm³/mol. The first kappa shape index (κ1) is 9.30. The largest absolute Gasteiger partial charge is 0.379 e. The third-order valence-corrected chi connectivity index (χ3v) is 3.21. The molecule has 2 atom stereocenters. The highest BCUT2D eigenvalue weighted by Gasteiger charge is 2.34. The van der Waals surface area contributed by atoms with Crippen LogP contribution < -0.4 is 5.73 Å². The van der Waals surface area contributed by atoms with Gasteiger partial charge < -0.3 is 10.5 Å². The van der Waals surface area contributed by atoms with Gasteiger partial charge in [0.05, 0.1) is 19.1 Å². The maximum atomic E-state index is 5.97. The van der Waals surface area contributed by atoms with Gasteiger partial charge in [0.25, 0.3) is 0 Å². The zero-order valence-electron chi connectivity index (χ0n) is 8.89. The molecule has 82 valence electrons. The third-order valence-electron chi connectivity index (χ3n) is 3.21. The predicted octanol–water partition coefficient (Wildman–Crippen LogP) is 0.134. The molecule has 1 aliphatic carbocycles. The lowest BCUT2D eigenvalue weighted by molar-refractivity contribution is 0.190. The fraction of sp³-hybridized carbons (Fsp3) is 0.800. The van der Waals surface area contributed by atoms with Crippen LogP contribution in [0.4, 0.5) is 0 Å². The van der Waals surface area contributed by atoms with Gasteiger partial charge >= 0.3 is 0 Å². The molecule has 5 heteroatoms. The van der Waals surface area contributed by atoms with Crippen molar-refractivity contribution in [3.05, 3.63) is 11.6 Å². The van der Waals surface area contributed by atoms with Gasteiger partial charge in [-0.2, -0.15) is 5.10 Å². The molecule has 15 heavy (non-hydrogen) atoms. The molecule has 1 saturated carbocycles. The number of ether oxygens (including phenoxy) is 1. The van der Waals surface area contributed by atoms with E-state index < -0.39 is 0 Å². The van der Waals surface area contributed by atoms with Gasteiger partial charge in [0.1, 0.15) is 5.82 Å². The molecular formula is C10H16N4O. The van der Waals surface area contributed by atoms with Crippen molar-refractivity contribution in [2.75, 3.05) is 13.2 Å². The summed E-state index contributed by atoms with van der Waals surface area (Å²) in [6.07, 6.45) is 2.47. The van der Waals surface area contributed by atoms with E-state index in [1.165, 1.54) is 12.8 Å². The monoisotopic (exact) mass is 208 g/mol. The lowest BCUT2D eigenvalue weighted by Gasteiger charge is -2.10. The van der Waals surface area contributed by atoms with Crippen LogP contribution in [0.15, 0.2) is 0 Å². The Kier molecular flexibility index (Phi) is 2.03. The summed E-state index contributed by atoms with van der Waals surface area (Å²) < 4.78 is 7.23. The highest BCUT2D eigenvalue weighted by molar-refractivity contribution is 5.11. The zero-order valence-corrected chi connectivity index (χ0v) is 8.89. The van der Waals surface area contributed by atoms with Gasteiger partial charge in [-0.1, -0.05) is 0 Å². The molecule has 2 heterocycles. The van der Waals surface area contributed by atoms with Crippen molar-refractivity contribution in [2.24, 2.45) is 12.8 Å². The second-order valence-electron chi connectivity index (χ2n) is 4.53. The van der Waals surface area contributed by atoms with Gasteiger partial charge in [0, 0.05) is 19.0 Å². The minimum Gasteiger partial charge on any atom is -0.379 e. The summed E-state index contributed by atoms with van der Waals surface area (Å²) in [4.78, 5) is 4.60. The molecule has 1 aliphatic heterocycles. The van der Waals surface area contributed by atoms with E-state index in [-0.39, 0.29) is 12.0 Å². The van der Waals surface area contributed by atoms with Crippen molar-refractivity contribution in [1.29, 1.82) is 0 Å². The van der Waals surface area contributed by atoms with E-state index in [0.717, 1.165) is 11.6 Å². The molecule has 3 rings (SSSR count). The first-order valence-corrected chi connectivity index (χ1v) is 5.50. The fourth-order valence-corrected chi connectivity index (χ4v) is 2.09. The Labute approximate surface area is 88.6 Å². The highest BCUT2D eigenvalue weighted by Crippen LogP contribution is 2.38. The van der Waals surface area contributed by atoms with Crippen molar-refractivity contribution in [3.8, 4) is 0 Å². The Morgan fingerprint density at radius 2 is 2.20 bits per heavy atom. The average molecular weight is 208 g/mol. The summed E-state index contributed by atoms with van der Waals surface area (Å²) >= 11 is 0. The number of aryl methyl sites for hydroxylation is 1. The van der Waals surface area contributed by atoms with Gasteiger partial charge in [0.15, 0.2) is 5.82 Å². The van der Waals surface area contributed by atoms with Crippen LogP contribution in [0, 0.1) is 0 Å². The zero-order chi connectivity index (χ0) is 10.4. The maximum absolute atomic E-state index is 5.97. The van der Waals surface area contributed by atoms with Crippen molar-refractivity contribution >= 4 is 0 Å². The number of hydrogen-bond donors (Lipinski definition) is 1. The van der Waals surface area contributed by atoms with E-state index in [1.807, 2.05) is 11.7 Å². The van der Waals surface area contributed by atoms with Crippen LogP contribution in [-0.2, 0) is 11.8 Å². The van der Waals surface area contributed by atoms with Crippen LogP contribution in [0.5, 0.6) is 0 Å². The second-order valence-corrected chi connectivity index (χ2v) is 4.53. The average Bonchev–Trinajstić information content (AvgIpc) is 2.87. The van der Waals surface area contributed by atoms with Crippen LogP contribution in [0.3, 0.4) is 0 Å². The standard InChI is InChI=1S/C10H16N4O/c1-14-10(7-4-15-5-8(7)11)12-9(13-14)6-2-3-6/h6-8H,2-5,11H2,1H3. The van der Waals surface area contributed by atoms with Gasteiger partial charge in [0.2, 0.25) is 0 Å². The first-order valence-electron chi connectivity index (χ1n) is 5.50. The van der Waals surface area contributed by atoms with Crippen LogP contribution >= 0.6 is 0 Å². The van der Waals surface area contributed by atoms with Gasteiger partial charge in [-0.3, -0.25) is 4.68 Å². The Bertz CT molecular complexity index is 371. The van der Waals surface area contributed by atoms with E-state index in [0.29, 0.717) is 19.1 Å². The number of hydrogen-bond acceptors (Lipinski definition) is 4. The number of nitrogens with zero attached hydrogens (tertiary/aromatic N) is 3. The van der Waals surface area contributed by atoms with E-state index in [2.05, 4.69) is 10.1 Å². The summed E-state index contributed by atoms with van der Waals surface area (Å²) in [6, 6.07) is 0.0694. The summed E-state index contributed by atoms with van der Waals surface area (Å²) in [5, 5.41) is 4.45. The lowest BCUT2D eigenvalue weighted by Crippen LogP contribution is -2.28. The molecule has 2 unspecified atom stereocenters. The Hall–Kier alpha value is -0.940. The second kappa shape index (κ2) is 3.28. The van der Waals surface area contributed by atoms with Crippen molar-refractivity contribution in [2.45, 2.75) is 30.7 Å². The quantitative estimate of drug-likeness (QED) is 0.750. The van der Waals surface area contributed by atoms with Gasteiger partial charge in [-0.05, 0) is 12.8 Å². The fourth-order valence-electron chi connectivity index (χ4n) is 2.09. The minimum atomic E-state index is 0.0694. The SMILES string of the molecule is Cn1nc(C2CC2)nc1C1COCC1N. The topological polar surface area (TPSA) is 66.0 Å². The van der Waals surface area contributed by atoms with Crippen LogP contribution in [-0.4, -0.2) is 34.0 Å². The lowest BCUT2D eigenvalue weighted by atomic mass is 10.0. The Balaban J connectivity index is 1.89. The molecule has 5 nitrogen and oxygen atoms in total. The van der Waals surface area contributed by atoms with E-state index >= 15 is 0 Å². The third kappa shape index (κ3) is 1.55. The molecule has 2 N–H and O–H groups in total. The van der Waals surface area contributed by atoms with Crippen molar-refractivity contribution < 1.29 is 4.74 Å². The normalized spacial score (nSPS) is 31.1. The Morgan fingerprint density at radius 1 is 1.40 bits per heavy atom. The molecule has 1 aromatic rings. The van der Waals surface area contributed by atoms with E-state index in [4.69, 9.17) is 10.5 Å². The van der Waals surface area contributed by atoms with Gasteiger partial charge in [-0.25, -0.2) is 4.98 Å². The molecule has 0 spiro atoms. The maximum Gasteiger partial charge on any atom is 0.154 e. The molecular weight excluding hydrogens is 192 g/mol. The molecule has 0 amide bonds. The minimum absolute atomic E-state index is 0.0694.